The number of hydrogen-bond donors (Lipinski definition) is 1. The Labute approximate surface area is 166 Å². The molecule has 2 aromatic carbocycles. The van der Waals surface area contributed by atoms with Crippen molar-refractivity contribution in [2.75, 3.05) is 11.4 Å². The Hall–Kier alpha value is -2.82. The number of anilines is 2. The van der Waals surface area contributed by atoms with E-state index < -0.39 is 0 Å². The number of urea groups is 1. The van der Waals surface area contributed by atoms with E-state index >= 15 is 0 Å². The third-order valence-corrected chi connectivity index (χ3v) is 6.02. The quantitative estimate of drug-likeness (QED) is 0.865. The van der Waals surface area contributed by atoms with Crippen LogP contribution in [0, 0.1) is 19.8 Å². The molecule has 28 heavy (non-hydrogen) atoms. The molecule has 2 heterocycles. The summed E-state index contributed by atoms with van der Waals surface area (Å²) in [5, 5.41) is 3.14. The number of nitrogens with one attached hydrogen (secondary N) is 1. The van der Waals surface area contributed by atoms with Gasteiger partial charge in [-0.25, -0.2) is 4.79 Å². The number of rotatable bonds is 4. The molecule has 0 spiro atoms. The van der Waals surface area contributed by atoms with Crippen LogP contribution in [0.5, 0.6) is 0 Å². The minimum atomic E-state index is -0.367. The minimum Gasteiger partial charge on any atom is -0.319 e. The molecule has 1 saturated heterocycles. The number of amides is 3. The number of fused-ring (bicyclic) bond motifs is 2. The summed E-state index contributed by atoms with van der Waals surface area (Å²) in [4.78, 5) is 29.6. The maximum atomic E-state index is 13.3. The van der Waals surface area contributed by atoms with Crippen LogP contribution in [-0.2, 0) is 11.2 Å². The van der Waals surface area contributed by atoms with Crippen molar-refractivity contribution in [1.29, 1.82) is 0 Å². The molecule has 146 valence electrons. The van der Waals surface area contributed by atoms with E-state index in [1.807, 2.05) is 18.2 Å². The lowest BCUT2D eigenvalue weighted by molar-refractivity contribution is -0.135. The van der Waals surface area contributed by atoms with Crippen molar-refractivity contribution in [2.24, 2.45) is 5.92 Å². The van der Waals surface area contributed by atoms with Gasteiger partial charge in [-0.2, -0.15) is 0 Å². The predicted octanol–water partition coefficient (Wildman–Crippen LogP) is 4.29. The number of hydrogen-bond acceptors (Lipinski definition) is 3. The number of nitrogens with zero attached hydrogens (tertiary/aromatic N) is 2. The van der Waals surface area contributed by atoms with E-state index in [4.69, 9.17) is 0 Å². The number of benzene rings is 2. The number of carbonyl (C=O) groups excluding carboxylic acids is 2. The van der Waals surface area contributed by atoms with E-state index in [0.717, 1.165) is 35.3 Å². The highest BCUT2D eigenvalue weighted by Crippen LogP contribution is 2.41. The number of carbonyl (C=O) groups is 2. The molecule has 0 bridgehead atoms. The summed E-state index contributed by atoms with van der Waals surface area (Å²) >= 11 is 0. The predicted molar refractivity (Wildman–Crippen MR) is 111 cm³/mol. The van der Waals surface area contributed by atoms with Gasteiger partial charge < -0.3 is 10.2 Å². The van der Waals surface area contributed by atoms with E-state index in [-0.39, 0.29) is 24.0 Å². The Morgan fingerprint density at radius 1 is 1.04 bits per heavy atom. The fourth-order valence-electron chi connectivity index (χ4n) is 4.29. The number of para-hydroxylation sites is 1. The summed E-state index contributed by atoms with van der Waals surface area (Å²) in [5.74, 6) is -0.351. The molecule has 1 fully saturated rings. The molecule has 0 aromatic heterocycles. The fraction of sp³-hybridized carbons (Fsp3) is 0.391. The lowest BCUT2D eigenvalue weighted by atomic mass is 9.86. The van der Waals surface area contributed by atoms with Gasteiger partial charge in [-0.05, 0) is 55.5 Å². The van der Waals surface area contributed by atoms with E-state index in [2.05, 4.69) is 55.3 Å². The van der Waals surface area contributed by atoms with Crippen molar-refractivity contribution >= 4 is 23.3 Å². The van der Waals surface area contributed by atoms with E-state index in [1.165, 1.54) is 10.5 Å². The molecular formula is C23H27N3O2. The summed E-state index contributed by atoms with van der Waals surface area (Å²) in [6.45, 7) is 6.73. The standard InChI is InChI=1S/C23H27N3O2/c1-4-5-13-25-22(27)18-14-17-10-6-7-11-20(17)26(21(18)24-23(25)28)19-12-8-9-15(2)16(19)3/h6-12,18,21H,4-5,13-14H2,1-3H3,(H,24,28). The number of aryl methyl sites for hydroxylation is 1. The zero-order chi connectivity index (χ0) is 19.8. The second-order valence-electron chi connectivity index (χ2n) is 7.77. The lowest BCUT2D eigenvalue weighted by Crippen LogP contribution is -2.66. The van der Waals surface area contributed by atoms with Gasteiger partial charge in [0.1, 0.15) is 6.17 Å². The Bertz CT molecular complexity index is 924. The molecule has 2 unspecified atom stereocenters. The summed E-state index contributed by atoms with van der Waals surface area (Å²) in [6.07, 6.45) is 2.05. The summed E-state index contributed by atoms with van der Waals surface area (Å²) in [5.41, 5.74) is 5.60. The van der Waals surface area contributed by atoms with E-state index in [0.29, 0.717) is 13.0 Å². The molecule has 1 N–H and O–H groups in total. The van der Waals surface area contributed by atoms with Gasteiger partial charge in [0.2, 0.25) is 5.91 Å². The highest BCUT2D eigenvalue weighted by molar-refractivity contribution is 6.00. The minimum absolute atomic E-state index is 0.0630. The smallest absolute Gasteiger partial charge is 0.319 e. The molecule has 3 amide bonds. The van der Waals surface area contributed by atoms with Crippen molar-refractivity contribution in [3.8, 4) is 0 Å². The van der Waals surface area contributed by atoms with Crippen LogP contribution < -0.4 is 10.2 Å². The van der Waals surface area contributed by atoms with Crippen molar-refractivity contribution in [3.05, 3.63) is 59.2 Å². The first-order valence-corrected chi connectivity index (χ1v) is 10.1. The second kappa shape index (κ2) is 7.30. The largest absolute Gasteiger partial charge is 0.325 e. The van der Waals surface area contributed by atoms with Crippen LogP contribution in [0.2, 0.25) is 0 Å². The number of imide groups is 1. The molecular weight excluding hydrogens is 350 g/mol. The van der Waals surface area contributed by atoms with E-state index in [9.17, 15) is 9.59 Å². The highest BCUT2D eigenvalue weighted by atomic mass is 16.2. The van der Waals surface area contributed by atoms with Crippen LogP contribution in [0.15, 0.2) is 42.5 Å². The molecule has 2 aliphatic rings. The van der Waals surface area contributed by atoms with Gasteiger partial charge in [0.25, 0.3) is 0 Å². The average molecular weight is 377 g/mol. The maximum Gasteiger partial charge on any atom is 0.325 e. The molecule has 2 aromatic rings. The summed E-state index contributed by atoms with van der Waals surface area (Å²) in [7, 11) is 0. The van der Waals surface area contributed by atoms with Crippen molar-refractivity contribution in [1.82, 2.24) is 10.2 Å². The molecule has 2 atom stereocenters. The third-order valence-electron chi connectivity index (χ3n) is 6.02. The van der Waals surface area contributed by atoms with Gasteiger partial charge in [-0.3, -0.25) is 9.69 Å². The van der Waals surface area contributed by atoms with Crippen LogP contribution in [-0.4, -0.2) is 29.5 Å². The molecule has 5 heteroatoms. The first kappa shape index (κ1) is 18.5. The maximum absolute atomic E-state index is 13.3. The van der Waals surface area contributed by atoms with Crippen LogP contribution >= 0.6 is 0 Å². The van der Waals surface area contributed by atoms with Gasteiger partial charge in [0.05, 0.1) is 5.92 Å². The van der Waals surface area contributed by atoms with Gasteiger partial charge >= 0.3 is 6.03 Å². The SMILES string of the molecule is CCCCN1C(=O)NC2C(Cc3ccccc3N2c2cccc(C)c2C)C1=O. The Kier molecular flexibility index (Phi) is 4.84. The highest BCUT2D eigenvalue weighted by Gasteiger charge is 2.47. The van der Waals surface area contributed by atoms with Gasteiger partial charge in [-0.1, -0.05) is 43.7 Å². The first-order chi connectivity index (χ1) is 13.5. The molecule has 0 radical (unpaired) electrons. The fourth-order valence-corrected chi connectivity index (χ4v) is 4.29. The van der Waals surface area contributed by atoms with Crippen LogP contribution in [0.1, 0.15) is 36.5 Å². The molecule has 0 saturated carbocycles. The topological polar surface area (TPSA) is 52.7 Å². The molecule has 5 nitrogen and oxygen atoms in total. The monoisotopic (exact) mass is 377 g/mol. The third kappa shape index (κ3) is 2.95. The second-order valence-corrected chi connectivity index (χ2v) is 7.77. The van der Waals surface area contributed by atoms with E-state index in [1.54, 1.807) is 0 Å². The van der Waals surface area contributed by atoms with Gasteiger partial charge in [0, 0.05) is 17.9 Å². The van der Waals surface area contributed by atoms with Gasteiger partial charge in [0.15, 0.2) is 0 Å². The zero-order valence-electron chi connectivity index (χ0n) is 16.7. The van der Waals surface area contributed by atoms with Crippen LogP contribution in [0.25, 0.3) is 0 Å². The van der Waals surface area contributed by atoms with Crippen LogP contribution in [0.3, 0.4) is 0 Å². The van der Waals surface area contributed by atoms with Crippen molar-refractivity contribution < 1.29 is 9.59 Å². The van der Waals surface area contributed by atoms with Crippen molar-refractivity contribution in [3.63, 3.8) is 0 Å². The lowest BCUT2D eigenvalue weighted by Gasteiger charge is -2.48. The normalized spacial score (nSPS) is 21.2. The molecule has 4 rings (SSSR count). The Morgan fingerprint density at radius 2 is 1.79 bits per heavy atom. The van der Waals surface area contributed by atoms with Gasteiger partial charge in [-0.15, -0.1) is 0 Å². The Morgan fingerprint density at radius 3 is 2.57 bits per heavy atom. The van der Waals surface area contributed by atoms with Crippen molar-refractivity contribution in [2.45, 2.75) is 46.2 Å². The first-order valence-electron chi connectivity index (χ1n) is 10.1. The number of unbranched alkanes of at least 4 members (excludes halogenated alkanes) is 1. The zero-order valence-corrected chi connectivity index (χ0v) is 16.7. The summed E-state index contributed by atoms with van der Waals surface area (Å²) < 4.78 is 0. The molecule has 0 aliphatic carbocycles. The summed E-state index contributed by atoms with van der Waals surface area (Å²) in [6, 6.07) is 14.1. The average Bonchev–Trinajstić information content (AvgIpc) is 2.69. The van der Waals surface area contributed by atoms with Crippen LogP contribution in [0.4, 0.5) is 16.2 Å². The Balaban J connectivity index is 1.81. The molecule has 2 aliphatic heterocycles.